The molecule has 3 aromatic heterocycles. The molecule has 0 atom stereocenters. The summed E-state index contributed by atoms with van der Waals surface area (Å²) in [5, 5.41) is 5.06. The summed E-state index contributed by atoms with van der Waals surface area (Å²) in [5.41, 5.74) is 3.95. The molecule has 0 fully saturated rings. The molecule has 3 heterocycles. The van der Waals surface area contributed by atoms with E-state index in [0.717, 1.165) is 15.8 Å². The van der Waals surface area contributed by atoms with Gasteiger partial charge in [-0.05, 0) is 34.7 Å². The second-order valence-electron chi connectivity index (χ2n) is 5.82. The zero-order valence-electron chi connectivity index (χ0n) is 13.6. The van der Waals surface area contributed by atoms with Gasteiger partial charge in [-0.3, -0.25) is 9.78 Å². The lowest BCUT2D eigenvalue weighted by Gasteiger charge is -2.11. The lowest BCUT2D eigenvalue weighted by Crippen LogP contribution is -2.25. The second-order valence-corrected chi connectivity index (χ2v) is 6.76. The van der Waals surface area contributed by atoms with Crippen molar-refractivity contribution in [2.24, 2.45) is 0 Å². The van der Waals surface area contributed by atoms with Crippen LogP contribution in [0.1, 0.15) is 21.6 Å². The summed E-state index contributed by atoms with van der Waals surface area (Å²) in [7, 11) is 0. The molecule has 1 N–H and O–H groups in total. The number of benzene rings is 1. The molecule has 0 bridgehead atoms. The van der Waals surface area contributed by atoms with Gasteiger partial charge in [0, 0.05) is 25.5 Å². The molecule has 0 unspecified atom stereocenters. The van der Waals surface area contributed by atoms with Gasteiger partial charge in [0.15, 0.2) is 0 Å². The molecule has 4 rings (SSSR count). The van der Waals surface area contributed by atoms with E-state index < -0.39 is 0 Å². The van der Waals surface area contributed by atoms with Crippen LogP contribution in [-0.4, -0.2) is 15.5 Å². The number of nitrogens with zero attached hydrogens (tertiary/aromatic N) is 2. The molecule has 0 aliphatic rings. The Morgan fingerprint density at radius 3 is 2.72 bits per heavy atom. The molecule has 0 spiro atoms. The van der Waals surface area contributed by atoms with Crippen molar-refractivity contribution in [3.8, 4) is 0 Å². The fourth-order valence-corrected chi connectivity index (χ4v) is 3.70. The first-order valence-corrected chi connectivity index (χ1v) is 8.97. The van der Waals surface area contributed by atoms with E-state index in [1.807, 2.05) is 36.4 Å². The maximum Gasteiger partial charge on any atom is 0.268 e. The number of hydrogen-bond acceptors (Lipinski definition) is 3. The minimum Gasteiger partial charge on any atom is -0.347 e. The van der Waals surface area contributed by atoms with Crippen LogP contribution in [-0.2, 0) is 13.1 Å². The molecule has 124 valence electrons. The van der Waals surface area contributed by atoms with Gasteiger partial charge in [-0.1, -0.05) is 36.4 Å². The fraction of sp³-hybridized carbons (Fsp3) is 0.100. The summed E-state index contributed by atoms with van der Waals surface area (Å²) in [5.74, 6) is -0.0665. The molecular weight excluding hydrogens is 330 g/mol. The van der Waals surface area contributed by atoms with Gasteiger partial charge < -0.3 is 9.88 Å². The third kappa shape index (κ3) is 3.32. The fourth-order valence-electron chi connectivity index (χ4n) is 2.88. The molecule has 1 aromatic carbocycles. The SMILES string of the molecule is O=C(NCc1cccnc1)c1cc2sccc2n1Cc1ccccc1. The Kier molecular flexibility index (Phi) is 4.31. The van der Waals surface area contributed by atoms with Crippen LogP contribution in [0.4, 0.5) is 0 Å². The molecule has 1 amide bonds. The van der Waals surface area contributed by atoms with Gasteiger partial charge in [0.25, 0.3) is 5.91 Å². The largest absolute Gasteiger partial charge is 0.347 e. The number of carbonyl (C=O) groups excluding carboxylic acids is 1. The maximum atomic E-state index is 12.7. The molecule has 0 radical (unpaired) electrons. The highest BCUT2D eigenvalue weighted by molar-refractivity contribution is 7.17. The standard InChI is InChI=1S/C20H17N3OS/c24-20(22-13-16-7-4-9-21-12-16)18-11-19-17(8-10-25-19)23(18)14-15-5-2-1-3-6-15/h1-12H,13-14H2,(H,22,24). The zero-order valence-corrected chi connectivity index (χ0v) is 14.4. The minimum atomic E-state index is -0.0665. The van der Waals surface area contributed by atoms with Crippen molar-refractivity contribution < 1.29 is 4.79 Å². The van der Waals surface area contributed by atoms with E-state index in [-0.39, 0.29) is 5.91 Å². The third-order valence-corrected chi connectivity index (χ3v) is 4.97. The Morgan fingerprint density at radius 1 is 1.08 bits per heavy atom. The van der Waals surface area contributed by atoms with Gasteiger partial charge >= 0.3 is 0 Å². The molecule has 4 aromatic rings. The van der Waals surface area contributed by atoms with E-state index in [2.05, 4.69) is 38.4 Å². The Bertz CT molecular complexity index is 990. The number of pyridine rings is 1. The van der Waals surface area contributed by atoms with E-state index in [1.165, 1.54) is 5.56 Å². The van der Waals surface area contributed by atoms with Crippen molar-refractivity contribution in [2.45, 2.75) is 13.1 Å². The molecule has 0 aliphatic carbocycles. The number of nitrogens with one attached hydrogen (secondary N) is 1. The lowest BCUT2D eigenvalue weighted by molar-refractivity contribution is 0.0942. The van der Waals surface area contributed by atoms with Crippen molar-refractivity contribution in [1.29, 1.82) is 0 Å². The number of carbonyl (C=O) groups is 1. The van der Waals surface area contributed by atoms with E-state index in [1.54, 1.807) is 23.7 Å². The van der Waals surface area contributed by atoms with E-state index in [0.29, 0.717) is 18.8 Å². The van der Waals surface area contributed by atoms with Crippen LogP contribution in [0.25, 0.3) is 10.2 Å². The highest BCUT2D eigenvalue weighted by Crippen LogP contribution is 2.26. The summed E-state index contributed by atoms with van der Waals surface area (Å²) < 4.78 is 3.21. The van der Waals surface area contributed by atoms with Crippen LogP contribution >= 0.6 is 11.3 Å². The maximum absolute atomic E-state index is 12.7. The van der Waals surface area contributed by atoms with Crippen LogP contribution in [0, 0.1) is 0 Å². The Hall–Kier alpha value is -2.92. The Labute approximate surface area is 149 Å². The number of fused-ring (bicyclic) bond motifs is 1. The third-order valence-electron chi connectivity index (χ3n) is 4.11. The summed E-state index contributed by atoms with van der Waals surface area (Å²) in [4.78, 5) is 16.8. The number of amides is 1. The normalized spacial score (nSPS) is 10.9. The Morgan fingerprint density at radius 2 is 1.92 bits per heavy atom. The summed E-state index contributed by atoms with van der Waals surface area (Å²) >= 11 is 1.65. The summed E-state index contributed by atoms with van der Waals surface area (Å²) in [6, 6.07) is 18.1. The van der Waals surface area contributed by atoms with Crippen LogP contribution in [0.15, 0.2) is 72.4 Å². The quantitative estimate of drug-likeness (QED) is 0.591. The molecule has 5 heteroatoms. The Balaban J connectivity index is 1.61. The van der Waals surface area contributed by atoms with Crippen molar-refractivity contribution in [3.05, 3.63) is 89.2 Å². The number of hydrogen-bond donors (Lipinski definition) is 1. The minimum absolute atomic E-state index is 0.0665. The van der Waals surface area contributed by atoms with Crippen molar-refractivity contribution in [2.75, 3.05) is 0 Å². The summed E-state index contributed by atoms with van der Waals surface area (Å²) in [6.07, 6.45) is 3.49. The van der Waals surface area contributed by atoms with Gasteiger partial charge in [0.2, 0.25) is 0 Å². The first-order valence-electron chi connectivity index (χ1n) is 8.09. The van der Waals surface area contributed by atoms with Gasteiger partial charge in [-0.2, -0.15) is 0 Å². The van der Waals surface area contributed by atoms with Crippen LogP contribution in [0.3, 0.4) is 0 Å². The van der Waals surface area contributed by atoms with Crippen molar-refractivity contribution >= 4 is 27.5 Å². The number of rotatable bonds is 5. The van der Waals surface area contributed by atoms with Crippen LogP contribution in [0.5, 0.6) is 0 Å². The lowest BCUT2D eigenvalue weighted by atomic mass is 10.2. The average molecular weight is 347 g/mol. The molecule has 0 saturated carbocycles. The molecule has 0 saturated heterocycles. The number of aromatic nitrogens is 2. The first-order chi connectivity index (χ1) is 12.3. The average Bonchev–Trinajstić information content (AvgIpc) is 3.24. The van der Waals surface area contributed by atoms with Crippen molar-refractivity contribution in [3.63, 3.8) is 0 Å². The molecular formula is C20H17N3OS. The number of thiophene rings is 1. The highest BCUT2D eigenvalue weighted by atomic mass is 32.1. The topological polar surface area (TPSA) is 46.9 Å². The smallest absolute Gasteiger partial charge is 0.268 e. The molecule has 0 aliphatic heterocycles. The van der Waals surface area contributed by atoms with Gasteiger partial charge in [-0.25, -0.2) is 0 Å². The predicted octanol–water partition coefficient (Wildman–Crippen LogP) is 4.08. The zero-order chi connectivity index (χ0) is 17.1. The van der Waals surface area contributed by atoms with Gasteiger partial charge in [0.1, 0.15) is 5.69 Å². The molecule has 4 nitrogen and oxygen atoms in total. The monoisotopic (exact) mass is 347 g/mol. The van der Waals surface area contributed by atoms with E-state index in [4.69, 9.17) is 0 Å². The van der Waals surface area contributed by atoms with Crippen LogP contribution < -0.4 is 5.32 Å². The van der Waals surface area contributed by atoms with E-state index >= 15 is 0 Å². The second kappa shape index (κ2) is 6.91. The van der Waals surface area contributed by atoms with Gasteiger partial charge in [-0.15, -0.1) is 11.3 Å². The first kappa shape index (κ1) is 15.6. The van der Waals surface area contributed by atoms with Crippen molar-refractivity contribution in [1.82, 2.24) is 14.9 Å². The summed E-state index contributed by atoms with van der Waals surface area (Å²) in [6.45, 7) is 1.15. The van der Waals surface area contributed by atoms with Crippen LogP contribution in [0.2, 0.25) is 0 Å². The van der Waals surface area contributed by atoms with Gasteiger partial charge in [0.05, 0.1) is 10.2 Å². The molecule has 25 heavy (non-hydrogen) atoms. The predicted molar refractivity (Wildman–Crippen MR) is 101 cm³/mol. The highest BCUT2D eigenvalue weighted by Gasteiger charge is 2.16. The van der Waals surface area contributed by atoms with E-state index in [9.17, 15) is 4.79 Å².